The summed E-state index contributed by atoms with van der Waals surface area (Å²) in [6, 6.07) is 0. The molecule has 2 heterocycles. The summed E-state index contributed by atoms with van der Waals surface area (Å²) in [6.07, 6.45) is -7.74. The molecule has 0 aromatic heterocycles. The van der Waals surface area contributed by atoms with Crippen molar-refractivity contribution in [3.63, 3.8) is 0 Å². The van der Waals surface area contributed by atoms with Gasteiger partial charge >= 0.3 is 0 Å². The van der Waals surface area contributed by atoms with E-state index in [1.807, 2.05) is 0 Å². The van der Waals surface area contributed by atoms with Gasteiger partial charge in [-0.25, -0.2) is 0 Å². The highest BCUT2D eigenvalue weighted by molar-refractivity contribution is 9.08. The third-order valence-corrected chi connectivity index (χ3v) is 7.38. The first-order valence-corrected chi connectivity index (χ1v) is 13.6. The predicted octanol–water partition coefficient (Wildman–Crippen LogP) is -2.26. The summed E-state index contributed by atoms with van der Waals surface area (Å²) in [6.45, 7) is 3.04. The highest BCUT2D eigenvalue weighted by Gasteiger charge is 2.43. The third-order valence-electron chi connectivity index (χ3n) is 6.94. The monoisotopic (exact) mass is 602 g/mol. The van der Waals surface area contributed by atoms with E-state index in [-0.39, 0.29) is 12.5 Å². The average molecular weight is 604 g/mol. The molecular weight excluding hydrogens is 560 g/mol. The van der Waals surface area contributed by atoms with E-state index in [9.17, 15) is 40.5 Å². The molecule has 0 radical (unpaired) electrons. The molecule has 2 aliphatic rings. The van der Waals surface area contributed by atoms with E-state index in [0.717, 1.165) is 19.3 Å². The van der Waals surface area contributed by atoms with E-state index in [1.165, 1.54) is 0 Å². The minimum Gasteiger partial charge on any atom is -0.394 e. The summed E-state index contributed by atoms with van der Waals surface area (Å²) in [7, 11) is 0. The number of unbranched alkanes of at least 4 members (excludes halogenated alkanes) is 2. The molecule has 0 unspecified atom stereocenters. The number of hydrogen-bond acceptors (Lipinski definition) is 12. The van der Waals surface area contributed by atoms with Crippen LogP contribution < -0.4 is 4.34 Å². The first-order chi connectivity index (χ1) is 17.6. The maximum Gasteiger partial charge on any atom is 0.229 e. The Labute approximate surface area is 225 Å². The van der Waals surface area contributed by atoms with Crippen LogP contribution in [0.3, 0.4) is 0 Å². The summed E-state index contributed by atoms with van der Waals surface area (Å²) in [5.74, 6) is -0.0858. The lowest BCUT2D eigenvalue weighted by atomic mass is 9.93. The van der Waals surface area contributed by atoms with Gasteiger partial charge in [0.05, 0.1) is 25.4 Å². The highest BCUT2D eigenvalue weighted by Crippen LogP contribution is 2.24. The van der Waals surface area contributed by atoms with E-state index < -0.39 is 67.8 Å². The summed E-state index contributed by atoms with van der Waals surface area (Å²) in [5.41, 5.74) is 0. The minimum absolute atomic E-state index is 0.0858. The Bertz CT molecular complexity index is 664. The van der Waals surface area contributed by atoms with Gasteiger partial charge in [-0.3, -0.25) is 9.14 Å². The molecule has 0 aliphatic carbocycles. The largest absolute Gasteiger partial charge is 0.394 e. The quantitative estimate of drug-likeness (QED) is 0.0739. The first kappa shape index (κ1) is 32.7. The van der Waals surface area contributed by atoms with Crippen molar-refractivity contribution in [3.05, 3.63) is 0 Å². The molecule has 37 heavy (non-hydrogen) atoms. The molecule has 0 aromatic carbocycles. The van der Waals surface area contributed by atoms with Crippen LogP contribution in [0.25, 0.3) is 0 Å². The summed E-state index contributed by atoms with van der Waals surface area (Å²) < 4.78 is 19.1. The smallest absolute Gasteiger partial charge is 0.229 e. The number of carbonyl (C=O) groups excluding carboxylic acids is 1. The lowest BCUT2D eigenvalue weighted by Gasteiger charge is -2.40. The molecule has 2 rings (SSSR count). The molecule has 1 amide bonds. The normalized spacial score (nSPS) is 36.6. The van der Waals surface area contributed by atoms with Crippen LogP contribution in [0.5, 0.6) is 0 Å². The van der Waals surface area contributed by atoms with E-state index >= 15 is 0 Å². The summed E-state index contributed by atoms with van der Waals surface area (Å²) in [5, 5.41) is 69.5. The van der Waals surface area contributed by atoms with E-state index in [0.29, 0.717) is 38.9 Å². The molecule has 0 bridgehead atoms. The number of amides is 1. The average Bonchev–Trinajstić information content (AvgIpc) is 2.89. The van der Waals surface area contributed by atoms with Crippen molar-refractivity contribution in [1.82, 2.24) is 9.24 Å². The SMILES string of the molecule is C[C@@H]1O[C@@H](OCCN(CCCCCC(=O)NBr)CCC[C@H]2O[C@H](CO)[C@@H](O)[C@H](O)[C@@H]2O)[C@@H](O)[C@H](O)[C@@H]1O. The number of aliphatic hydroxyl groups excluding tert-OH is 7. The second kappa shape index (κ2) is 16.6. The van der Waals surface area contributed by atoms with Crippen LogP contribution in [0, 0.1) is 0 Å². The van der Waals surface area contributed by atoms with Gasteiger partial charge in [-0.2, -0.15) is 0 Å². The van der Waals surface area contributed by atoms with Gasteiger partial charge in [0.1, 0.15) is 42.7 Å². The Morgan fingerprint density at radius 2 is 1.49 bits per heavy atom. The fourth-order valence-corrected chi connectivity index (χ4v) is 4.76. The van der Waals surface area contributed by atoms with E-state index in [1.54, 1.807) is 6.92 Å². The standard InChI is InChI=1S/C23H43BrN2O11/c1-13-17(29)20(32)22(34)23(36-13)35-11-10-26(8-4-2-3-7-16(28)25-24)9-5-6-14-18(30)21(33)19(31)15(12-27)37-14/h13-15,17-23,27,29-34H,2-12H2,1H3,(H,25,28)/t13-,14+,15+,17+,18+,19+,20+,21+,22-,23+/m0/s1. The van der Waals surface area contributed by atoms with Gasteiger partial charge in [0.25, 0.3) is 0 Å². The van der Waals surface area contributed by atoms with Gasteiger partial charge < -0.3 is 54.9 Å². The van der Waals surface area contributed by atoms with Crippen molar-refractivity contribution in [3.8, 4) is 0 Å². The number of rotatable bonds is 15. The maximum atomic E-state index is 11.4. The number of ether oxygens (including phenoxy) is 3. The van der Waals surface area contributed by atoms with Crippen LogP contribution in [0.1, 0.15) is 45.4 Å². The van der Waals surface area contributed by atoms with Crippen LogP contribution in [-0.4, -0.2) is 141 Å². The molecule has 218 valence electrons. The topological polar surface area (TPSA) is 202 Å². The highest BCUT2D eigenvalue weighted by atomic mass is 79.9. The molecule has 14 heteroatoms. The van der Waals surface area contributed by atoms with Crippen LogP contribution in [0.4, 0.5) is 0 Å². The molecule has 0 spiro atoms. The van der Waals surface area contributed by atoms with Gasteiger partial charge in [0.15, 0.2) is 6.29 Å². The molecule has 0 aromatic rings. The van der Waals surface area contributed by atoms with Crippen molar-refractivity contribution < 1.29 is 54.8 Å². The molecule has 2 fully saturated rings. The molecule has 2 aliphatic heterocycles. The van der Waals surface area contributed by atoms with Crippen molar-refractivity contribution in [2.24, 2.45) is 0 Å². The van der Waals surface area contributed by atoms with Crippen LogP contribution in [0.15, 0.2) is 0 Å². The van der Waals surface area contributed by atoms with Crippen LogP contribution in [0.2, 0.25) is 0 Å². The number of nitrogens with zero attached hydrogens (tertiary/aromatic N) is 1. The number of halogens is 1. The van der Waals surface area contributed by atoms with Crippen LogP contribution in [-0.2, 0) is 19.0 Å². The van der Waals surface area contributed by atoms with E-state index in [4.69, 9.17) is 14.2 Å². The van der Waals surface area contributed by atoms with Crippen molar-refractivity contribution in [2.45, 2.75) is 107 Å². The van der Waals surface area contributed by atoms with Gasteiger partial charge in [-0.05, 0) is 45.7 Å². The Hall–Kier alpha value is -0.490. The van der Waals surface area contributed by atoms with Crippen molar-refractivity contribution in [1.29, 1.82) is 0 Å². The van der Waals surface area contributed by atoms with Crippen LogP contribution >= 0.6 is 16.1 Å². The minimum atomic E-state index is -1.41. The lowest BCUT2D eigenvalue weighted by Crippen LogP contribution is -2.58. The zero-order valence-corrected chi connectivity index (χ0v) is 22.7. The number of aliphatic hydroxyl groups is 7. The molecular formula is C23H43BrN2O11. The Kier molecular flexibility index (Phi) is 14.7. The van der Waals surface area contributed by atoms with Gasteiger partial charge in [0.2, 0.25) is 5.91 Å². The molecule has 0 saturated carbocycles. The summed E-state index contributed by atoms with van der Waals surface area (Å²) >= 11 is 2.91. The molecule has 2 saturated heterocycles. The van der Waals surface area contributed by atoms with Crippen molar-refractivity contribution >= 4 is 22.1 Å². The second-order valence-corrected chi connectivity index (χ2v) is 10.1. The summed E-state index contributed by atoms with van der Waals surface area (Å²) in [4.78, 5) is 13.5. The second-order valence-electron chi connectivity index (χ2n) is 9.73. The molecule has 10 atom stereocenters. The number of carbonyl (C=O) groups is 1. The molecule has 8 N–H and O–H groups in total. The van der Waals surface area contributed by atoms with Crippen molar-refractivity contribution in [2.75, 3.05) is 32.8 Å². The fourth-order valence-electron chi connectivity index (χ4n) is 4.56. The van der Waals surface area contributed by atoms with E-state index in [2.05, 4.69) is 25.4 Å². The Balaban J connectivity index is 1.84. The fraction of sp³-hybridized carbons (Fsp3) is 0.957. The zero-order valence-electron chi connectivity index (χ0n) is 21.1. The number of hydrogen-bond donors (Lipinski definition) is 8. The Morgan fingerprint density at radius 3 is 2.16 bits per heavy atom. The van der Waals surface area contributed by atoms with Gasteiger partial charge in [-0.1, -0.05) is 6.42 Å². The third kappa shape index (κ3) is 9.89. The predicted molar refractivity (Wildman–Crippen MR) is 133 cm³/mol. The number of nitrogens with one attached hydrogen (secondary N) is 1. The zero-order chi connectivity index (χ0) is 27.5. The Morgan fingerprint density at radius 1 is 0.838 bits per heavy atom. The molecule has 13 nitrogen and oxygen atoms in total. The lowest BCUT2D eigenvalue weighted by molar-refractivity contribution is -0.293. The first-order valence-electron chi connectivity index (χ1n) is 12.8. The maximum absolute atomic E-state index is 11.4. The van der Waals surface area contributed by atoms with Gasteiger partial charge in [0, 0.05) is 29.1 Å². The van der Waals surface area contributed by atoms with Gasteiger partial charge in [-0.15, -0.1) is 0 Å².